The van der Waals surface area contributed by atoms with Crippen LogP contribution in [0.15, 0.2) is 42.5 Å². The molecule has 92 valence electrons. The standard InChI is InChI=1S/C14H11FO3/c1-18-14(17)13-5-3-2-4-12(13)9-6-10(15)8-11(16)7-9/h2-8,16H,1H3. The minimum atomic E-state index is -0.565. The van der Waals surface area contributed by atoms with Crippen molar-refractivity contribution in [2.75, 3.05) is 7.11 Å². The van der Waals surface area contributed by atoms with Crippen LogP contribution >= 0.6 is 0 Å². The zero-order valence-electron chi connectivity index (χ0n) is 9.68. The Hall–Kier alpha value is -2.36. The molecule has 0 spiro atoms. The molecule has 2 rings (SSSR count). The number of halogens is 1. The predicted molar refractivity (Wildman–Crippen MR) is 64.8 cm³/mol. The molecule has 3 nitrogen and oxygen atoms in total. The van der Waals surface area contributed by atoms with Crippen LogP contribution in [0.3, 0.4) is 0 Å². The molecule has 4 heteroatoms. The minimum Gasteiger partial charge on any atom is -0.508 e. The molecule has 0 aliphatic heterocycles. The van der Waals surface area contributed by atoms with E-state index in [1.165, 1.54) is 19.2 Å². The van der Waals surface area contributed by atoms with Gasteiger partial charge in [-0.05, 0) is 29.3 Å². The zero-order chi connectivity index (χ0) is 13.1. The van der Waals surface area contributed by atoms with Crippen molar-refractivity contribution >= 4 is 5.97 Å². The van der Waals surface area contributed by atoms with E-state index in [1.54, 1.807) is 24.3 Å². The fourth-order valence-corrected chi connectivity index (χ4v) is 1.75. The molecule has 0 aromatic heterocycles. The number of hydrogen-bond acceptors (Lipinski definition) is 3. The van der Waals surface area contributed by atoms with E-state index >= 15 is 0 Å². The minimum absolute atomic E-state index is 0.190. The lowest BCUT2D eigenvalue weighted by Gasteiger charge is -2.08. The molecule has 0 atom stereocenters. The highest BCUT2D eigenvalue weighted by molar-refractivity contribution is 5.97. The summed E-state index contributed by atoms with van der Waals surface area (Å²) in [5, 5.41) is 9.39. The van der Waals surface area contributed by atoms with Gasteiger partial charge in [0.25, 0.3) is 0 Å². The van der Waals surface area contributed by atoms with Crippen LogP contribution in [0.5, 0.6) is 5.75 Å². The van der Waals surface area contributed by atoms with Gasteiger partial charge in [-0.15, -0.1) is 0 Å². The summed E-state index contributed by atoms with van der Waals surface area (Å²) in [7, 11) is 1.28. The van der Waals surface area contributed by atoms with E-state index in [4.69, 9.17) is 0 Å². The number of rotatable bonds is 2. The number of benzene rings is 2. The Labute approximate surface area is 103 Å². The lowest BCUT2D eigenvalue weighted by molar-refractivity contribution is 0.0601. The van der Waals surface area contributed by atoms with E-state index in [1.807, 2.05) is 0 Å². The van der Waals surface area contributed by atoms with Gasteiger partial charge in [-0.3, -0.25) is 0 Å². The SMILES string of the molecule is COC(=O)c1ccccc1-c1cc(O)cc(F)c1. The maximum absolute atomic E-state index is 13.3. The summed E-state index contributed by atoms with van der Waals surface area (Å²) in [6.45, 7) is 0. The molecule has 0 bridgehead atoms. The molecule has 2 aromatic rings. The average Bonchev–Trinajstić information content (AvgIpc) is 2.36. The molecule has 1 N–H and O–H groups in total. The van der Waals surface area contributed by atoms with Crippen LogP contribution in [0.1, 0.15) is 10.4 Å². The molecule has 0 heterocycles. The maximum Gasteiger partial charge on any atom is 0.338 e. The van der Waals surface area contributed by atoms with Crippen LogP contribution < -0.4 is 0 Å². The molecule has 0 radical (unpaired) electrons. The van der Waals surface area contributed by atoms with Crippen molar-refractivity contribution in [1.82, 2.24) is 0 Å². The highest BCUT2D eigenvalue weighted by Gasteiger charge is 2.13. The quantitative estimate of drug-likeness (QED) is 0.828. The van der Waals surface area contributed by atoms with E-state index in [0.29, 0.717) is 16.7 Å². The first-order chi connectivity index (χ1) is 8.61. The Morgan fingerprint density at radius 3 is 2.61 bits per heavy atom. The summed E-state index contributed by atoms with van der Waals surface area (Å²) in [5.74, 6) is -1.26. The van der Waals surface area contributed by atoms with Gasteiger partial charge in [0.15, 0.2) is 0 Å². The average molecular weight is 246 g/mol. The summed E-state index contributed by atoms with van der Waals surface area (Å²) in [5.41, 5.74) is 1.26. The first-order valence-corrected chi connectivity index (χ1v) is 5.29. The number of phenolic OH excluding ortho intramolecular Hbond substituents is 1. The molecule has 0 fully saturated rings. The van der Waals surface area contributed by atoms with Gasteiger partial charge >= 0.3 is 5.97 Å². The monoisotopic (exact) mass is 246 g/mol. The van der Waals surface area contributed by atoms with Crippen molar-refractivity contribution in [3.8, 4) is 16.9 Å². The summed E-state index contributed by atoms with van der Waals surface area (Å²) in [6, 6.07) is 10.3. The Morgan fingerprint density at radius 1 is 1.22 bits per heavy atom. The van der Waals surface area contributed by atoms with Crippen molar-refractivity contribution in [1.29, 1.82) is 0 Å². The topological polar surface area (TPSA) is 46.5 Å². The van der Waals surface area contributed by atoms with Crippen LogP contribution in [-0.2, 0) is 4.74 Å². The number of hydrogen-bond donors (Lipinski definition) is 1. The van der Waals surface area contributed by atoms with Gasteiger partial charge in [-0.25, -0.2) is 9.18 Å². The number of methoxy groups -OCH3 is 1. The van der Waals surface area contributed by atoms with Crippen LogP contribution in [0.4, 0.5) is 4.39 Å². The highest BCUT2D eigenvalue weighted by Crippen LogP contribution is 2.28. The first-order valence-electron chi connectivity index (χ1n) is 5.29. The van der Waals surface area contributed by atoms with Crippen LogP contribution in [0, 0.1) is 5.82 Å². The molecule has 18 heavy (non-hydrogen) atoms. The molecule has 0 unspecified atom stereocenters. The second-order valence-corrected chi connectivity index (χ2v) is 3.74. The third-order valence-electron chi connectivity index (χ3n) is 2.53. The maximum atomic E-state index is 13.3. The van der Waals surface area contributed by atoms with Crippen LogP contribution in [-0.4, -0.2) is 18.2 Å². The molecule has 0 amide bonds. The second-order valence-electron chi connectivity index (χ2n) is 3.74. The summed E-state index contributed by atoms with van der Waals surface area (Å²) in [4.78, 5) is 11.6. The van der Waals surface area contributed by atoms with Gasteiger partial charge in [-0.1, -0.05) is 18.2 Å². The number of phenols is 1. The molecule has 0 saturated heterocycles. The lowest BCUT2D eigenvalue weighted by Crippen LogP contribution is -2.03. The Balaban J connectivity index is 2.60. The molecule has 0 saturated carbocycles. The highest BCUT2D eigenvalue weighted by atomic mass is 19.1. The molecular weight excluding hydrogens is 235 g/mol. The second kappa shape index (κ2) is 4.87. The Morgan fingerprint density at radius 2 is 1.94 bits per heavy atom. The number of esters is 1. The van der Waals surface area contributed by atoms with Gasteiger partial charge in [-0.2, -0.15) is 0 Å². The van der Waals surface area contributed by atoms with Crippen molar-refractivity contribution in [3.63, 3.8) is 0 Å². The van der Waals surface area contributed by atoms with E-state index < -0.39 is 11.8 Å². The number of aromatic hydroxyl groups is 1. The predicted octanol–water partition coefficient (Wildman–Crippen LogP) is 2.98. The number of carbonyl (C=O) groups is 1. The van der Waals surface area contributed by atoms with Gasteiger partial charge in [0, 0.05) is 6.07 Å². The van der Waals surface area contributed by atoms with Gasteiger partial charge in [0.2, 0.25) is 0 Å². The Bertz CT molecular complexity index is 573. The fourth-order valence-electron chi connectivity index (χ4n) is 1.75. The third kappa shape index (κ3) is 2.32. The smallest absolute Gasteiger partial charge is 0.338 e. The normalized spacial score (nSPS) is 10.1. The molecular formula is C14H11FO3. The molecule has 0 aliphatic carbocycles. The zero-order valence-corrected chi connectivity index (χ0v) is 9.68. The van der Waals surface area contributed by atoms with E-state index in [0.717, 1.165) is 6.07 Å². The summed E-state index contributed by atoms with van der Waals surface area (Å²) < 4.78 is 17.9. The molecule has 2 aromatic carbocycles. The summed E-state index contributed by atoms with van der Waals surface area (Å²) >= 11 is 0. The number of carbonyl (C=O) groups excluding carboxylic acids is 1. The van der Waals surface area contributed by atoms with Crippen molar-refractivity contribution in [2.45, 2.75) is 0 Å². The Kier molecular flexibility index (Phi) is 3.28. The van der Waals surface area contributed by atoms with Gasteiger partial charge in [0.1, 0.15) is 11.6 Å². The fraction of sp³-hybridized carbons (Fsp3) is 0.0714. The third-order valence-corrected chi connectivity index (χ3v) is 2.53. The van der Waals surface area contributed by atoms with E-state index in [9.17, 15) is 14.3 Å². The van der Waals surface area contributed by atoms with Crippen molar-refractivity contribution < 1.29 is 19.0 Å². The van der Waals surface area contributed by atoms with Crippen molar-refractivity contribution in [2.24, 2.45) is 0 Å². The van der Waals surface area contributed by atoms with Crippen molar-refractivity contribution in [3.05, 3.63) is 53.8 Å². The van der Waals surface area contributed by atoms with E-state index in [-0.39, 0.29) is 5.75 Å². The van der Waals surface area contributed by atoms with Crippen LogP contribution in [0.2, 0.25) is 0 Å². The van der Waals surface area contributed by atoms with E-state index in [2.05, 4.69) is 4.74 Å². The number of ether oxygens (including phenoxy) is 1. The van der Waals surface area contributed by atoms with Gasteiger partial charge in [0.05, 0.1) is 12.7 Å². The lowest BCUT2D eigenvalue weighted by atomic mass is 9.99. The first kappa shape index (κ1) is 12.1. The molecule has 0 aliphatic rings. The largest absolute Gasteiger partial charge is 0.508 e. The van der Waals surface area contributed by atoms with Crippen LogP contribution in [0.25, 0.3) is 11.1 Å². The summed E-state index contributed by atoms with van der Waals surface area (Å²) in [6.07, 6.45) is 0. The van der Waals surface area contributed by atoms with Gasteiger partial charge < -0.3 is 9.84 Å².